The van der Waals surface area contributed by atoms with Crippen LogP contribution in [0.1, 0.15) is 62.5 Å². The van der Waals surface area contributed by atoms with Crippen molar-refractivity contribution in [2.75, 3.05) is 38.6 Å². The fourth-order valence-corrected chi connectivity index (χ4v) is 6.03. The number of ether oxygens (including phenoxy) is 1. The summed E-state index contributed by atoms with van der Waals surface area (Å²) in [7, 11) is 1.70. The van der Waals surface area contributed by atoms with Gasteiger partial charge >= 0.3 is 18.0 Å². The standard InChI is InChI=1S/C32H40N4O6/c1-20-27(30(37)38)29(28(31(39)40)21(2)34-20)24-9-6-10-25(18-24)35-32(41)33-14-4-5-15-36-16-12-22(13-17-36)23-8-7-11-26(19-23)42-3/h6-11,18-19,22,27,29H,4-5,12-17H2,1-3H3,(H,37,38)(H,39,40)(H2,33,35,41). The molecule has 4 N–H and O–H groups in total. The maximum absolute atomic E-state index is 12.6. The number of amides is 2. The quantitative estimate of drug-likeness (QED) is 0.273. The molecule has 1 saturated heterocycles. The van der Waals surface area contributed by atoms with E-state index >= 15 is 0 Å². The largest absolute Gasteiger partial charge is 0.497 e. The number of carboxylic acids is 2. The molecule has 2 amide bonds. The van der Waals surface area contributed by atoms with Crippen LogP contribution in [0.5, 0.6) is 5.75 Å². The number of nitrogens with zero attached hydrogens (tertiary/aromatic N) is 2. The van der Waals surface area contributed by atoms with Crippen LogP contribution in [0.15, 0.2) is 64.8 Å². The summed E-state index contributed by atoms with van der Waals surface area (Å²) in [6.07, 6.45) is 4.06. The van der Waals surface area contributed by atoms with E-state index < -0.39 is 23.8 Å². The Labute approximate surface area is 246 Å². The van der Waals surface area contributed by atoms with Crippen molar-refractivity contribution in [3.05, 3.63) is 70.9 Å². The van der Waals surface area contributed by atoms with Crippen molar-refractivity contribution in [3.63, 3.8) is 0 Å². The number of benzene rings is 2. The SMILES string of the molecule is COc1cccc(C2CCN(CCCCNC(=O)Nc3cccc(C4C(C(=O)O)=C(C)N=C(C)C4C(=O)O)c3)CC2)c1. The van der Waals surface area contributed by atoms with Gasteiger partial charge in [-0.1, -0.05) is 24.3 Å². The van der Waals surface area contributed by atoms with Gasteiger partial charge in [0.05, 0.1) is 12.7 Å². The number of piperidine rings is 1. The van der Waals surface area contributed by atoms with E-state index in [4.69, 9.17) is 4.74 Å². The summed E-state index contributed by atoms with van der Waals surface area (Å²) in [6.45, 7) is 6.78. The number of allylic oxidation sites excluding steroid dienone is 1. The van der Waals surface area contributed by atoms with Gasteiger partial charge in [0.2, 0.25) is 0 Å². The second-order valence-corrected chi connectivity index (χ2v) is 11.0. The Morgan fingerprint density at radius 3 is 2.40 bits per heavy atom. The van der Waals surface area contributed by atoms with Crippen LogP contribution >= 0.6 is 0 Å². The zero-order chi connectivity index (χ0) is 30.2. The van der Waals surface area contributed by atoms with Gasteiger partial charge < -0.3 is 30.5 Å². The van der Waals surface area contributed by atoms with Crippen LogP contribution in [0.4, 0.5) is 10.5 Å². The van der Waals surface area contributed by atoms with Gasteiger partial charge in [-0.25, -0.2) is 9.59 Å². The second kappa shape index (κ2) is 14.1. The van der Waals surface area contributed by atoms with Crippen LogP contribution in [0.25, 0.3) is 0 Å². The molecular weight excluding hydrogens is 536 g/mol. The van der Waals surface area contributed by atoms with Gasteiger partial charge in [0.15, 0.2) is 0 Å². The number of unbranched alkanes of at least 4 members (excludes halogenated alkanes) is 1. The van der Waals surface area contributed by atoms with Gasteiger partial charge in [-0.2, -0.15) is 0 Å². The van der Waals surface area contributed by atoms with E-state index in [-0.39, 0.29) is 17.3 Å². The number of carbonyl (C=O) groups is 3. The summed E-state index contributed by atoms with van der Waals surface area (Å²) in [5.74, 6) is -2.94. The molecule has 10 heteroatoms. The van der Waals surface area contributed by atoms with E-state index in [1.54, 1.807) is 45.2 Å². The van der Waals surface area contributed by atoms with Crippen molar-refractivity contribution < 1.29 is 29.3 Å². The first-order chi connectivity index (χ1) is 20.2. The number of aliphatic carboxylic acids is 2. The third kappa shape index (κ3) is 7.55. The Kier molecular flexibility index (Phi) is 10.4. The molecule has 224 valence electrons. The summed E-state index contributed by atoms with van der Waals surface area (Å²) < 4.78 is 5.36. The lowest BCUT2D eigenvalue weighted by molar-refractivity contribution is -0.140. The lowest BCUT2D eigenvalue weighted by Crippen LogP contribution is -2.35. The average Bonchev–Trinajstić information content (AvgIpc) is 2.96. The van der Waals surface area contributed by atoms with Crippen LogP contribution in [0, 0.1) is 5.92 Å². The molecule has 0 radical (unpaired) electrons. The number of anilines is 1. The molecule has 2 aliphatic heterocycles. The molecule has 0 spiro atoms. The minimum absolute atomic E-state index is 0.0564. The number of rotatable bonds is 11. The van der Waals surface area contributed by atoms with Crippen molar-refractivity contribution >= 4 is 29.4 Å². The number of methoxy groups -OCH3 is 1. The number of carboxylic acid groups (broad SMARTS) is 2. The van der Waals surface area contributed by atoms with Crippen LogP contribution in [-0.4, -0.2) is 72.1 Å². The van der Waals surface area contributed by atoms with E-state index in [1.165, 1.54) is 5.56 Å². The Morgan fingerprint density at radius 2 is 1.71 bits per heavy atom. The van der Waals surface area contributed by atoms with E-state index in [0.717, 1.165) is 51.1 Å². The van der Waals surface area contributed by atoms with Crippen LogP contribution in [-0.2, 0) is 9.59 Å². The molecule has 2 aliphatic rings. The summed E-state index contributed by atoms with van der Waals surface area (Å²) in [5, 5.41) is 25.4. The van der Waals surface area contributed by atoms with Crippen LogP contribution < -0.4 is 15.4 Å². The molecule has 42 heavy (non-hydrogen) atoms. The van der Waals surface area contributed by atoms with Crippen molar-refractivity contribution in [2.24, 2.45) is 10.9 Å². The number of carbonyl (C=O) groups excluding carboxylic acids is 1. The number of urea groups is 1. The molecule has 0 aromatic heterocycles. The van der Waals surface area contributed by atoms with Crippen molar-refractivity contribution in [2.45, 2.75) is 51.4 Å². The van der Waals surface area contributed by atoms with Crippen molar-refractivity contribution in [1.82, 2.24) is 10.2 Å². The minimum Gasteiger partial charge on any atom is -0.497 e. The first-order valence-electron chi connectivity index (χ1n) is 14.4. The zero-order valence-electron chi connectivity index (χ0n) is 24.4. The highest BCUT2D eigenvalue weighted by Crippen LogP contribution is 2.39. The Bertz CT molecular complexity index is 1360. The first kappa shape index (κ1) is 30.8. The predicted octanol–water partition coefficient (Wildman–Crippen LogP) is 5.09. The molecule has 2 unspecified atom stereocenters. The number of hydrogen-bond donors (Lipinski definition) is 4. The molecule has 10 nitrogen and oxygen atoms in total. The predicted molar refractivity (Wildman–Crippen MR) is 161 cm³/mol. The van der Waals surface area contributed by atoms with Crippen molar-refractivity contribution in [1.29, 1.82) is 0 Å². The van der Waals surface area contributed by atoms with E-state index in [1.807, 2.05) is 6.07 Å². The molecule has 2 heterocycles. The van der Waals surface area contributed by atoms with Gasteiger partial charge in [-0.05, 0) is 100 Å². The average molecular weight is 577 g/mol. The summed E-state index contributed by atoms with van der Waals surface area (Å²) in [4.78, 5) is 43.3. The molecule has 2 aromatic rings. The second-order valence-electron chi connectivity index (χ2n) is 11.0. The molecule has 2 aromatic carbocycles. The number of hydrogen-bond acceptors (Lipinski definition) is 6. The lowest BCUT2D eigenvalue weighted by Gasteiger charge is -2.32. The fourth-order valence-electron chi connectivity index (χ4n) is 6.03. The number of nitrogens with one attached hydrogen (secondary N) is 2. The third-order valence-electron chi connectivity index (χ3n) is 8.17. The van der Waals surface area contributed by atoms with Crippen LogP contribution in [0.3, 0.4) is 0 Å². The van der Waals surface area contributed by atoms with E-state index in [2.05, 4.69) is 38.7 Å². The Balaban J connectivity index is 1.23. The molecule has 0 saturated carbocycles. The molecule has 0 aliphatic carbocycles. The van der Waals surface area contributed by atoms with E-state index in [9.17, 15) is 24.6 Å². The lowest BCUT2D eigenvalue weighted by atomic mass is 9.75. The topological polar surface area (TPSA) is 141 Å². The molecule has 1 fully saturated rings. The Morgan fingerprint density at radius 1 is 1.00 bits per heavy atom. The summed E-state index contributed by atoms with van der Waals surface area (Å²) in [5.41, 5.74) is 2.84. The van der Waals surface area contributed by atoms with Gasteiger partial charge in [0, 0.05) is 29.6 Å². The van der Waals surface area contributed by atoms with Gasteiger partial charge in [-0.15, -0.1) is 0 Å². The number of likely N-dealkylation sites (tertiary alicyclic amines) is 1. The Hall–Kier alpha value is -4.18. The summed E-state index contributed by atoms with van der Waals surface area (Å²) >= 11 is 0. The maximum Gasteiger partial charge on any atom is 0.334 e. The normalized spacial score (nSPS) is 19.6. The molecule has 4 rings (SSSR count). The monoisotopic (exact) mass is 576 g/mol. The van der Waals surface area contributed by atoms with Gasteiger partial charge in [0.1, 0.15) is 11.7 Å². The molecule has 0 bridgehead atoms. The third-order valence-corrected chi connectivity index (χ3v) is 8.17. The minimum atomic E-state index is -1.21. The highest BCUT2D eigenvalue weighted by atomic mass is 16.5. The first-order valence-corrected chi connectivity index (χ1v) is 14.4. The maximum atomic E-state index is 12.6. The molecule has 2 atom stereocenters. The number of aliphatic imine (C=N–C) groups is 1. The van der Waals surface area contributed by atoms with Gasteiger partial charge in [0.25, 0.3) is 0 Å². The fraction of sp³-hybridized carbons (Fsp3) is 0.438. The zero-order valence-corrected chi connectivity index (χ0v) is 24.4. The van der Waals surface area contributed by atoms with Crippen LogP contribution in [0.2, 0.25) is 0 Å². The smallest absolute Gasteiger partial charge is 0.334 e. The summed E-state index contributed by atoms with van der Waals surface area (Å²) in [6, 6.07) is 14.6. The highest BCUT2D eigenvalue weighted by Gasteiger charge is 2.41. The highest BCUT2D eigenvalue weighted by molar-refractivity contribution is 6.06. The van der Waals surface area contributed by atoms with Gasteiger partial charge in [-0.3, -0.25) is 9.79 Å². The van der Waals surface area contributed by atoms with E-state index in [0.29, 0.717) is 29.4 Å². The van der Waals surface area contributed by atoms with Crippen molar-refractivity contribution in [3.8, 4) is 5.75 Å². The molecular formula is C32H40N4O6.